The molecule has 0 bridgehead atoms. The van der Waals surface area contributed by atoms with Crippen molar-refractivity contribution in [3.63, 3.8) is 0 Å². The maximum absolute atomic E-state index is 12.3. The number of carbonyl (C=O) groups is 1. The molecule has 0 aromatic heterocycles. The van der Waals surface area contributed by atoms with Crippen LogP contribution in [0.15, 0.2) is 23.1 Å². The first-order valence-electron chi connectivity index (χ1n) is 6.60. The Kier molecular flexibility index (Phi) is 4.50. The summed E-state index contributed by atoms with van der Waals surface area (Å²) in [5, 5.41) is 18.5. The number of nitrogens with one attached hydrogen (secondary N) is 1. The summed E-state index contributed by atoms with van der Waals surface area (Å²) < 4.78 is 26.9. The van der Waals surface area contributed by atoms with Crippen LogP contribution in [0.2, 0.25) is 0 Å². The van der Waals surface area contributed by atoms with Crippen molar-refractivity contribution in [2.75, 3.05) is 12.3 Å². The van der Waals surface area contributed by atoms with Crippen LogP contribution in [-0.2, 0) is 10.0 Å². The first-order chi connectivity index (χ1) is 9.79. The molecular weight excluding hydrogens is 296 g/mol. The Labute approximate surface area is 122 Å². The van der Waals surface area contributed by atoms with Gasteiger partial charge in [0.2, 0.25) is 10.0 Å². The van der Waals surface area contributed by atoms with Gasteiger partial charge in [-0.1, -0.05) is 0 Å². The van der Waals surface area contributed by atoms with E-state index in [1.807, 2.05) is 0 Å². The van der Waals surface area contributed by atoms with Crippen LogP contribution in [0.25, 0.3) is 0 Å². The van der Waals surface area contributed by atoms with E-state index in [-0.39, 0.29) is 34.7 Å². The first kappa shape index (κ1) is 15.7. The molecular formula is C13H18N2O5S. The Morgan fingerprint density at radius 2 is 2.10 bits per heavy atom. The Balaban J connectivity index is 2.19. The molecule has 0 aliphatic heterocycles. The lowest BCUT2D eigenvalue weighted by molar-refractivity contribution is 0.0692. The predicted octanol–water partition coefficient (Wildman–Crippen LogP) is 0.406. The van der Waals surface area contributed by atoms with Gasteiger partial charge in [0.15, 0.2) is 0 Å². The van der Waals surface area contributed by atoms with E-state index in [9.17, 15) is 18.3 Å². The number of aromatic carboxylic acids is 1. The Morgan fingerprint density at radius 1 is 1.38 bits per heavy atom. The van der Waals surface area contributed by atoms with Crippen molar-refractivity contribution >= 4 is 21.7 Å². The Hall–Kier alpha value is -1.64. The average Bonchev–Trinajstić information content (AvgIpc) is 2.82. The number of carboxylic acid groups (broad SMARTS) is 1. The number of rotatable bonds is 5. The van der Waals surface area contributed by atoms with E-state index in [0.717, 1.165) is 12.5 Å². The van der Waals surface area contributed by atoms with Crippen molar-refractivity contribution in [3.05, 3.63) is 23.8 Å². The van der Waals surface area contributed by atoms with E-state index >= 15 is 0 Å². The molecule has 7 nitrogen and oxygen atoms in total. The second kappa shape index (κ2) is 6.00. The van der Waals surface area contributed by atoms with Gasteiger partial charge in [-0.3, -0.25) is 0 Å². The van der Waals surface area contributed by atoms with Crippen LogP contribution in [0.4, 0.5) is 5.69 Å². The molecule has 1 aromatic rings. The summed E-state index contributed by atoms with van der Waals surface area (Å²) in [7, 11) is -3.96. The zero-order valence-electron chi connectivity index (χ0n) is 11.3. The highest BCUT2D eigenvalue weighted by Crippen LogP contribution is 2.25. The highest BCUT2D eigenvalue weighted by molar-refractivity contribution is 7.89. The van der Waals surface area contributed by atoms with Crippen LogP contribution in [0, 0.1) is 5.92 Å². The summed E-state index contributed by atoms with van der Waals surface area (Å²) in [6.45, 7) is 0.174. The number of carboxylic acids is 1. The van der Waals surface area contributed by atoms with Crippen molar-refractivity contribution in [1.29, 1.82) is 0 Å². The Morgan fingerprint density at radius 3 is 2.67 bits per heavy atom. The highest BCUT2D eigenvalue weighted by Gasteiger charge is 2.27. The lowest BCUT2D eigenvalue weighted by Gasteiger charge is -2.13. The number of aliphatic hydroxyl groups is 1. The smallest absolute Gasteiger partial charge is 0.337 e. The van der Waals surface area contributed by atoms with Gasteiger partial charge in [-0.25, -0.2) is 17.9 Å². The fourth-order valence-corrected chi connectivity index (χ4v) is 3.82. The molecule has 2 unspecified atom stereocenters. The molecule has 0 amide bonds. The molecule has 116 valence electrons. The van der Waals surface area contributed by atoms with Gasteiger partial charge >= 0.3 is 5.97 Å². The van der Waals surface area contributed by atoms with Gasteiger partial charge in [0.1, 0.15) is 0 Å². The quantitative estimate of drug-likeness (QED) is 0.582. The molecule has 1 saturated carbocycles. The molecule has 0 saturated heterocycles. The SMILES string of the molecule is Nc1ccc(C(=O)O)c(S(=O)(=O)NCC2CCC(O)C2)c1. The molecule has 21 heavy (non-hydrogen) atoms. The third kappa shape index (κ3) is 3.72. The maximum Gasteiger partial charge on any atom is 0.337 e. The van der Waals surface area contributed by atoms with E-state index in [1.165, 1.54) is 12.1 Å². The number of aliphatic hydroxyl groups excluding tert-OH is 1. The van der Waals surface area contributed by atoms with Gasteiger partial charge in [-0.2, -0.15) is 0 Å². The fourth-order valence-electron chi connectivity index (χ4n) is 2.48. The lowest BCUT2D eigenvalue weighted by Crippen LogP contribution is -2.30. The van der Waals surface area contributed by atoms with Crippen molar-refractivity contribution < 1.29 is 23.4 Å². The van der Waals surface area contributed by atoms with Crippen molar-refractivity contribution in [2.24, 2.45) is 5.92 Å². The number of nitrogens with two attached hydrogens (primary N) is 1. The normalized spacial score (nSPS) is 22.3. The summed E-state index contributed by atoms with van der Waals surface area (Å²) in [4.78, 5) is 10.8. The van der Waals surface area contributed by atoms with Gasteiger partial charge in [0.05, 0.1) is 16.6 Å². The molecule has 1 fully saturated rings. The average molecular weight is 314 g/mol. The first-order valence-corrected chi connectivity index (χ1v) is 8.08. The fraction of sp³-hybridized carbons (Fsp3) is 0.462. The van der Waals surface area contributed by atoms with Gasteiger partial charge in [0, 0.05) is 12.2 Å². The molecule has 0 radical (unpaired) electrons. The number of nitrogen functional groups attached to an aromatic ring is 1. The predicted molar refractivity (Wildman–Crippen MR) is 76.4 cm³/mol. The molecule has 8 heteroatoms. The Bertz CT molecular complexity index is 644. The van der Waals surface area contributed by atoms with Crippen LogP contribution in [0.3, 0.4) is 0 Å². The summed E-state index contributed by atoms with van der Waals surface area (Å²) in [5.74, 6) is -1.27. The number of hydrogen-bond donors (Lipinski definition) is 4. The minimum atomic E-state index is -3.96. The summed E-state index contributed by atoms with van der Waals surface area (Å²) >= 11 is 0. The van der Waals surface area contributed by atoms with E-state index < -0.39 is 16.0 Å². The third-order valence-electron chi connectivity index (χ3n) is 3.60. The maximum atomic E-state index is 12.3. The van der Waals surface area contributed by atoms with Crippen LogP contribution in [0.5, 0.6) is 0 Å². The zero-order chi connectivity index (χ0) is 15.6. The van der Waals surface area contributed by atoms with Crippen LogP contribution >= 0.6 is 0 Å². The monoisotopic (exact) mass is 314 g/mol. The van der Waals surface area contributed by atoms with Gasteiger partial charge < -0.3 is 15.9 Å². The number of benzene rings is 1. The van der Waals surface area contributed by atoms with Crippen molar-refractivity contribution in [2.45, 2.75) is 30.3 Å². The van der Waals surface area contributed by atoms with Crippen LogP contribution in [-0.4, -0.2) is 37.2 Å². The second-order valence-corrected chi connectivity index (χ2v) is 6.98. The van der Waals surface area contributed by atoms with E-state index in [0.29, 0.717) is 12.8 Å². The highest BCUT2D eigenvalue weighted by atomic mass is 32.2. The largest absolute Gasteiger partial charge is 0.478 e. The topological polar surface area (TPSA) is 130 Å². The molecule has 1 aromatic carbocycles. The second-order valence-electron chi connectivity index (χ2n) is 5.25. The molecule has 0 heterocycles. The van der Waals surface area contributed by atoms with E-state index in [4.69, 9.17) is 10.8 Å². The molecule has 2 atom stereocenters. The van der Waals surface area contributed by atoms with E-state index in [2.05, 4.69) is 4.72 Å². The van der Waals surface area contributed by atoms with Gasteiger partial charge in [-0.05, 0) is 43.4 Å². The number of anilines is 1. The zero-order valence-corrected chi connectivity index (χ0v) is 12.1. The summed E-state index contributed by atoms with van der Waals surface area (Å²) in [6.07, 6.45) is 1.56. The molecule has 1 aliphatic carbocycles. The van der Waals surface area contributed by atoms with Crippen LogP contribution < -0.4 is 10.5 Å². The molecule has 1 aliphatic rings. The summed E-state index contributed by atoms with van der Waals surface area (Å²) in [6, 6.07) is 3.65. The van der Waals surface area contributed by atoms with E-state index in [1.54, 1.807) is 0 Å². The standard InChI is InChI=1S/C13H18N2O5S/c14-9-2-4-11(13(17)18)12(6-9)21(19,20)15-7-8-1-3-10(16)5-8/h2,4,6,8,10,15-16H,1,3,5,7,14H2,(H,17,18). The summed E-state index contributed by atoms with van der Waals surface area (Å²) in [5.41, 5.74) is 5.40. The minimum absolute atomic E-state index is 0.0594. The van der Waals surface area contributed by atoms with Crippen molar-refractivity contribution in [1.82, 2.24) is 4.72 Å². The molecule has 5 N–H and O–H groups in total. The minimum Gasteiger partial charge on any atom is -0.478 e. The van der Waals surface area contributed by atoms with Crippen molar-refractivity contribution in [3.8, 4) is 0 Å². The van der Waals surface area contributed by atoms with Crippen LogP contribution in [0.1, 0.15) is 29.6 Å². The number of hydrogen-bond acceptors (Lipinski definition) is 5. The lowest BCUT2D eigenvalue weighted by atomic mass is 10.1. The third-order valence-corrected chi connectivity index (χ3v) is 5.06. The van der Waals surface area contributed by atoms with Gasteiger partial charge in [0.25, 0.3) is 0 Å². The molecule has 2 rings (SSSR count). The molecule has 0 spiro atoms. The van der Waals surface area contributed by atoms with Gasteiger partial charge in [-0.15, -0.1) is 0 Å². The number of sulfonamides is 1.